The molecule has 0 unspecified atom stereocenters. The smallest absolute Gasteiger partial charge is 0.129 e. The Bertz CT molecular complexity index is 505. The molecule has 2 rings (SSSR count). The van der Waals surface area contributed by atoms with Crippen molar-refractivity contribution in [3.8, 4) is 0 Å². The minimum atomic E-state index is 0.690. The summed E-state index contributed by atoms with van der Waals surface area (Å²) in [5.74, 6) is 2.81. The third-order valence-electron chi connectivity index (χ3n) is 2.56. The van der Waals surface area contributed by atoms with Gasteiger partial charge in [-0.3, -0.25) is 0 Å². The summed E-state index contributed by atoms with van der Waals surface area (Å²) in [6, 6.07) is 5.88. The van der Waals surface area contributed by atoms with Crippen molar-refractivity contribution in [3.63, 3.8) is 0 Å². The fourth-order valence-electron chi connectivity index (χ4n) is 1.71. The van der Waals surface area contributed by atoms with Gasteiger partial charge in [0.25, 0.3) is 0 Å². The van der Waals surface area contributed by atoms with Crippen molar-refractivity contribution in [1.82, 2.24) is 4.98 Å². The molecule has 2 aromatic heterocycles. The third-order valence-corrected chi connectivity index (χ3v) is 2.56. The Hall–Kier alpha value is -1.97. The quantitative estimate of drug-likeness (QED) is 0.848. The van der Waals surface area contributed by atoms with Crippen LogP contribution >= 0.6 is 0 Å². The summed E-state index contributed by atoms with van der Waals surface area (Å²) in [5, 5.41) is 3.27. The molecule has 2 heterocycles. The van der Waals surface area contributed by atoms with E-state index in [1.807, 2.05) is 32.0 Å². The Morgan fingerprint density at radius 2 is 2.18 bits per heavy atom. The van der Waals surface area contributed by atoms with Gasteiger partial charge in [-0.05, 0) is 37.6 Å². The maximum Gasteiger partial charge on any atom is 0.129 e. The molecule has 0 bridgehead atoms. The van der Waals surface area contributed by atoms with Crippen LogP contribution in [0.3, 0.4) is 0 Å². The van der Waals surface area contributed by atoms with Crippen molar-refractivity contribution in [2.75, 3.05) is 17.6 Å². The summed E-state index contributed by atoms with van der Waals surface area (Å²) in [5.41, 5.74) is 7.39. The molecule has 90 valence electrons. The molecule has 4 nitrogen and oxygen atoms in total. The Kier molecular flexibility index (Phi) is 3.32. The fraction of sp³-hybridized carbons (Fsp3) is 0.308. The van der Waals surface area contributed by atoms with E-state index in [4.69, 9.17) is 10.2 Å². The lowest BCUT2D eigenvalue weighted by Gasteiger charge is -2.07. The topological polar surface area (TPSA) is 64.1 Å². The van der Waals surface area contributed by atoms with Crippen LogP contribution in [0.15, 0.2) is 28.8 Å². The van der Waals surface area contributed by atoms with Crippen LogP contribution in [0, 0.1) is 13.8 Å². The molecular weight excluding hydrogens is 214 g/mol. The number of hydrogen-bond donors (Lipinski definition) is 2. The van der Waals surface area contributed by atoms with Gasteiger partial charge >= 0.3 is 0 Å². The number of aromatic nitrogens is 1. The molecule has 0 radical (unpaired) electrons. The van der Waals surface area contributed by atoms with Crippen LogP contribution in [0.5, 0.6) is 0 Å². The van der Waals surface area contributed by atoms with Gasteiger partial charge in [0.2, 0.25) is 0 Å². The molecule has 0 aliphatic carbocycles. The molecule has 0 saturated carbocycles. The standard InChI is InChI=1S/C13H17N3O/c1-9-7-11(14)8-16-13(9)15-6-5-12-4-3-10(2)17-12/h3-4,7-8H,5-6,14H2,1-2H3,(H,15,16). The van der Waals surface area contributed by atoms with E-state index in [-0.39, 0.29) is 0 Å². The van der Waals surface area contributed by atoms with Gasteiger partial charge in [-0.25, -0.2) is 4.98 Å². The van der Waals surface area contributed by atoms with E-state index in [0.717, 1.165) is 35.9 Å². The first-order chi connectivity index (χ1) is 8.15. The van der Waals surface area contributed by atoms with Crippen LogP contribution in [-0.2, 0) is 6.42 Å². The second-order valence-electron chi connectivity index (χ2n) is 4.12. The maximum atomic E-state index is 5.64. The molecule has 0 fully saturated rings. The molecule has 17 heavy (non-hydrogen) atoms. The molecule has 0 aromatic carbocycles. The van der Waals surface area contributed by atoms with E-state index >= 15 is 0 Å². The lowest BCUT2D eigenvalue weighted by atomic mass is 10.2. The molecule has 0 atom stereocenters. The molecule has 4 heteroatoms. The molecule has 3 N–H and O–H groups in total. The number of nitrogens with two attached hydrogens (primary N) is 1. The molecule has 0 spiro atoms. The van der Waals surface area contributed by atoms with E-state index in [1.165, 1.54) is 0 Å². The zero-order valence-corrected chi connectivity index (χ0v) is 10.2. The highest BCUT2D eigenvalue weighted by molar-refractivity contribution is 5.50. The predicted molar refractivity (Wildman–Crippen MR) is 69.0 cm³/mol. The first-order valence-electron chi connectivity index (χ1n) is 5.66. The first-order valence-corrected chi connectivity index (χ1v) is 5.66. The summed E-state index contributed by atoms with van der Waals surface area (Å²) >= 11 is 0. The van der Waals surface area contributed by atoms with E-state index in [0.29, 0.717) is 5.69 Å². The van der Waals surface area contributed by atoms with E-state index in [9.17, 15) is 0 Å². The van der Waals surface area contributed by atoms with Crippen LogP contribution in [0.2, 0.25) is 0 Å². The van der Waals surface area contributed by atoms with Crippen LogP contribution in [0.25, 0.3) is 0 Å². The van der Waals surface area contributed by atoms with Gasteiger partial charge in [-0.15, -0.1) is 0 Å². The molecule has 2 aromatic rings. The normalized spacial score (nSPS) is 10.5. The number of rotatable bonds is 4. The monoisotopic (exact) mass is 231 g/mol. The van der Waals surface area contributed by atoms with Crippen LogP contribution < -0.4 is 11.1 Å². The Morgan fingerprint density at radius 3 is 2.82 bits per heavy atom. The van der Waals surface area contributed by atoms with Crippen molar-refractivity contribution in [2.45, 2.75) is 20.3 Å². The zero-order chi connectivity index (χ0) is 12.3. The van der Waals surface area contributed by atoms with E-state index in [1.54, 1.807) is 6.20 Å². The van der Waals surface area contributed by atoms with Crippen molar-refractivity contribution in [3.05, 3.63) is 41.5 Å². The second kappa shape index (κ2) is 4.91. The van der Waals surface area contributed by atoms with Crippen LogP contribution in [0.4, 0.5) is 11.5 Å². The summed E-state index contributed by atoms with van der Waals surface area (Å²) < 4.78 is 5.49. The van der Waals surface area contributed by atoms with Gasteiger partial charge < -0.3 is 15.5 Å². The Labute approximate surface area is 101 Å². The Morgan fingerprint density at radius 1 is 1.35 bits per heavy atom. The van der Waals surface area contributed by atoms with Crippen molar-refractivity contribution < 1.29 is 4.42 Å². The van der Waals surface area contributed by atoms with Gasteiger partial charge in [0, 0.05) is 13.0 Å². The number of pyridine rings is 1. The summed E-state index contributed by atoms with van der Waals surface area (Å²) in [4.78, 5) is 4.25. The number of nitrogen functional groups attached to an aromatic ring is 1. The van der Waals surface area contributed by atoms with Crippen molar-refractivity contribution in [1.29, 1.82) is 0 Å². The highest BCUT2D eigenvalue weighted by atomic mass is 16.3. The number of anilines is 2. The van der Waals surface area contributed by atoms with Gasteiger partial charge in [0.15, 0.2) is 0 Å². The van der Waals surface area contributed by atoms with Gasteiger partial charge in [0.05, 0.1) is 11.9 Å². The number of furan rings is 1. The SMILES string of the molecule is Cc1ccc(CCNc2ncc(N)cc2C)o1. The van der Waals surface area contributed by atoms with Crippen LogP contribution in [-0.4, -0.2) is 11.5 Å². The zero-order valence-electron chi connectivity index (χ0n) is 10.2. The molecule has 0 aliphatic heterocycles. The van der Waals surface area contributed by atoms with Crippen molar-refractivity contribution in [2.24, 2.45) is 0 Å². The minimum absolute atomic E-state index is 0.690. The van der Waals surface area contributed by atoms with Crippen LogP contribution in [0.1, 0.15) is 17.1 Å². The lowest BCUT2D eigenvalue weighted by molar-refractivity contribution is 0.486. The van der Waals surface area contributed by atoms with Gasteiger partial charge in [0.1, 0.15) is 17.3 Å². The summed E-state index contributed by atoms with van der Waals surface area (Å²) in [6.07, 6.45) is 2.51. The highest BCUT2D eigenvalue weighted by Crippen LogP contribution is 2.14. The third kappa shape index (κ3) is 3.00. The largest absolute Gasteiger partial charge is 0.466 e. The number of nitrogens with zero attached hydrogens (tertiary/aromatic N) is 1. The molecule has 0 amide bonds. The second-order valence-corrected chi connectivity index (χ2v) is 4.12. The average Bonchev–Trinajstić information content (AvgIpc) is 2.68. The number of hydrogen-bond acceptors (Lipinski definition) is 4. The summed E-state index contributed by atoms with van der Waals surface area (Å²) in [6.45, 7) is 4.73. The predicted octanol–water partition coefficient (Wildman–Crippen LogP) is 2.53. The van der Waals surface area contributed by atoms with E-state index in [2.05, 4.69) is 10.3 Å². The fourth-order valence-corrected chi connectivity index (χ4v) is 1.71. The molecule has 0 aliphatic rings. The van der Waals surface area contributed by atoms with E-state index < -0.39 is 0 Å². The molecule has 0 saturated heterocycles. The number of nitrogens with one attached hydrogen (secondary N) is 1. The van der Waals surface area contributed by atoms with Crippen molar-refractivity contribution >= 4 is 11.5 Å². The Balaban J connectivity index is 1.90. The maximum absolute atomic E-state index is 5.64. The van der Waals surface area contributed by atoms with Gasteiger partial charge in [-0.2, -0.15) is 0 Å². The number of aryl methyl sites for hydroxylation is 2. The molecular formula is C13H17N3O. The first kappa shape index (κ1) is 11.5. The minimum Gasteiger partial charge on any atom is -0.466 e. The highest BCUT2D eigenvalue weighted by Gasteiger charge is 2.01. The van der Waals surface area contributed by atoms with Gasteiger partial charge in [-0.1, -0.05) is 0 Å². The average molecular weight is 231 g/mol. The summed E-state index contributed by atoms with van der Waals surface area (Å²) in [7, 11) is 0. The lowest BCUT2D eigenvalue weighted by Crippen LogP contribution is -2.07.